The fourth-order valence-corrected chi connectivity index (χ4v) is 2.27. The fraction of sp³-hybridized carbons (Fsp3) is 0.333. The van der Waals surface area contributed by atoms with Crippen molar-refractivity contribution in [2.24, 2.45) is 0 Å². The van der Waals surface area contributed by atoms with Crippen molar-refractivity contribution in [3.63, 3.8) is 0 Å². The van der Waals surface area contributed by atoms with Crippen LogP contribution in [0.4, 0.5) is 4.39 Å². The average molecular weight is 250 g/mol. The van der Waals surface area contributed by atoms with E-state index in [2.05, 4.69) is 15.9 Å². The molecule has 1 aromatic rings. The van der Waals surface area contributed by atoms with Gasteiger partial charge in [-0.05, 0) is 46.0 Å². The molecule has 0 bridgehead atoms. The third-order valence-electron chi connectivity index (χ3n) is 2.22. The number of benzene rings is 1. The van der Waals surface area contributed by atoms with Crippen LogP contribution in [0.3, 0.4) is 0 Å². The van der Waals surface area contributed by atoms with Crippen molar-refractivity contribution < 1.29 is 4.39 Å². The van der Waals surface area contributed by atoms with Gasteiger partial charge in [-0.15, -0.1) is 11.6 Å². The summed E-state index contributed by atoms with van der Waals surface area (Å²) in [5, 5.41) is 0.00241. The van der Waals surface area contributed by atoms with E-state index < -0.39 is 0 Å². The molecule has 0 heterocycles. The van der Waals surface area contributed by atoms with E-state index in [1.165, 1.54) is 0 Å². The second-order valence-corrected chi connectivity index (χ2v) is 4.32. The van der Waals surface area contributed by atoms with Gasteiger partial charge in [-0.2, -0.15) is 0 Å². The summed E-state index contributed by atoms with van der Waals surface area (Å²) in [5.74, 6) is -0.143. The van der Waals surface area contributed by atoms with Crippen molar-refractivity contribution in [1.82, 2.24) is 0 Å². The SMILES string of the molecule is Fc1c(Br)ccc2c1CCC2Cl. The molecule has 3 heteroatoms. The Kier molecular flexibility index (Phi) is 2.13. The molecule has 0 saturated heterocycles. The van der Waals surface area contributed by atoms with E-state index >= 15 is 0 Å². The normalized spacial score (nSPS) is 21.1. The molecule has 12 heavy (non-hydrogen) atoms. The highest BCUT2D eigenvalue weighted by atomic mass is 79.9. The van der Waals surface area contributed by atoms with Crippen LogP contribution in [0, 0.1) is 5.82 Å². The number of hydrogen-bond donors (Lipinski definition) is 0. The Bertz CT molecular complexity index is 325. The Hall–Kier alpha value is -0.0800. The summed E-state index contributed by atoms with van der Waals surface area (Å²) < 4.78 is 13.9. The highest BCUT2D eigenvalue weighted by Crippen LogP contribution is 2.38. The van der Waals surface area contributed by atoms with Gasteiger partial charge in [-0.25, -0.2) is 4.39 Å². The highest BCUT2D eigenvalue weighted by molar-refractivity contribution is 9.10. The van der Waals surface area contributed by atoms with Gasteiger partial charge in [0.15, 0.2) is 0 Å². The Morgan fingerprint density at radius 3 is 3.00 bits per heavy atom. The van der Waals surface area contributed by atoms with E-state index in [0.29, 0.717) is 4.47 Å². The summed E-state index contributed by atoms with van der Waals surface area (Å²) in [7, 11) is 0. The molecular formula is C9H7BrClF. The van der Waals surface area contributed by atoms with Crippen molar-refractivity contribution in [3.05, 3.63) is 33.5 Å². The summed E-state index contributed by atoms with van der Waals surface area (Å²) in [6, 6.07) is 3.61. The number of fused-ring (bicyclic) bond motifs is 1. The second kappa shape index (κ2) is 3.00. The Balaban J connectivity index is 2.60. The molecule has 1 aliphatic carbocycles. The van der Waals surface area contributed by atoms with Gasteiger partial charge < -0.3 is 0 Å². The van der Waals surface area contributed by atoms with Crippen LogP contribution < -0.4 is 0 Å². The summed E-state index contributed by atoms with van der Waals surface area (Å²) >= 11 is 9.14. The molecule has 0 saturated carbocycles. The molecule has 1 aromatic carbocycles. The molecule has 0 nitrogen and oxygen atoms in total. The Labute approximate surface area is 83.9 Å². The lowest BCUT2D eigenvalue weighted by Crippen LogP contribution is -1.89. The first kappa shape index (κ1) is 8.52. The molecule has 1 unspecified atom stereocenters. The van der Waals surface area contributed by atoms with Crippen LogP contribution in [-0.2, 0) is 6.42 Å². The van der Waals surface area contributed by atoms with Crippen molar-refractivity contribution in [2.75, 3.05) is 0 Å². The first-order valence-corrected chi connectivity index (χ1v) is 5.04. The Morgan fingerprint density at radius 2 is 2.25 bits per heavy atom. The van der Waals surface area contributed by atoms with Crippen LogP contribution in [0.2, 0.25) is 0 Å². The summed E-state index contributed by atoms with van der Waals surface area (Å²) in [6.45, 7) is 0. The molecular weight excluding hydrogens is 242 g/mol. The van der Waals surface area contributed by atoms with Crippen molar-refractivity contribution in [2.45, 2.75) is 18.2 Å². The van der Waals surface area contributed by atoms with Crippen LogP contribution in [0.15, 0.2) is 16.6 Å². The van der Waals surface area contributed by atoms with E-state index in [-0.39, 0.29) is 11.2 Å². The molecule has 0 fully saturated rings. The third-order valence-corrected chi connectivity index (χ3v) is 3.28. The number of rotatable bonds is 0. The maximum Gasteiger partial charge on any atom is 0.140 e. The van der Waals surface area contributed by atoms with Gasteiger partial charge in [0, 0.05) is 0 Å². The van der Waals surface area contributed by atoms with Gasteiger partial charge in [-0.1, -0.05) is 6.07 Å². The zero-order chi connectivity index (χ0) is 8.72. The van der Waals surface area contributed by atoms with Crippen molar-refractivity contribution in [1.29, 1.82) is 0 Å². The molecule has 0 aromatic heterocycles. The first-order chi connectivity index (χ1) is 5.70. The fourth-order valence-electron chi connectivity index (χ4n) is 1.58. The van der Waals surface area contributed by atoms with Crippen LogP contribution in [0.5, 0.6) is 0 Å². The predicted octanol–water partition coefficient (Wildman–Crippen LogP) is 3.81. The lowest BCUT2D eigenvalue weighted by atomic mass is 10.1. The standard InChI is InChI=1S/C9H7BrClF/c10-7-3-1-5-6(9(7)12)2-4-8(5)11/h1,3,8H,2,4H2. The van der Waals surface area contributed by atoms with Gasteiger partial charge in [0.2, 0.25) is 0 Å². The second-order valence-electron chi connectivity index (χ2n) is 2.94. The molecule has 0 radical (unpaired) electrons. The van der Waals surface area contributed by atoms with Crippen molar-refractivity contribution in [3.8, 4) is 0 Å². The molecule has 64 valence electrons. The van der Waals surface area contributed by atoms with Gasteiger partial charge >= 0.3 is 0 Å². The number of alkyl halides is 1. The van der Waals surface area contributed by atoms with Gasteiger partial charge in [0.05, 0.1) is 9.85 Å². The summed E-state index contributed by atoms with van der Waals surface area (Å²) in [5.41, 5.74) is 1.74. The minimum Gasteiger partial charge on any atom is -0.205 e. The zero-order valence-corrected chi connectivity index (χ0v) is 8.62. The topological polar surface area (TPSA) is 0 Å². The van der Waals surface area contributed by atoms with Crippen LogP contribution in [0.25, 0.3) is 0 Å². The molecule has 0 N–H and O–H groups in total. The maximum atomic E-state index is 13.4. The minimum absolute atomic E-state index is 0.00241. The first-order valence-electron chi connectivity index (χ1n) is 3.81. The largest absolute Gasteiger partial charge is 0.205 e. The van der Waals surface area contributed by atoms with Crippen LogP contribution in [-0.4, -0.2) is 0 Å². The third kappa shape index (κ3) is 1.17. The lowest BCUT2D eigenvalue weighted by molar-refractivity contribution is 0.606. The summed E-state index contributed by atoms with van der Waals surface area (Å²) in [6.07, 6.45) is 1.61. The molecule has 0 amide bonds. The monoisotopic (exact) mass is 248 g/mol. The quantitative estimate of drug-likeness (QED) is 0.613. The van der Waals surface area contributed by atoms with E-state index in [4.69, 9.17) is 11.6 Å². The molecule has 2 rings (SSSR count). The van der Waals surface area contributed by atoms with Gasteiger partial charge in [0.25, 0.3) is 0 Å². The Morgan fingerprint density at radius 1 is 1.50 bits per heavy atom. The van der Waals surface area contributed by atoms with Gasteiger partial charge in [-0.3, -0.25) is 0 Å². The molecule has 1 atom stereocenters. The van der Waals surface area contributed by atoms with Crippen LogP contribution >= 0.6 is 27.5 Å². The molecule has 0 aliphatic heterocycles. The minimum atomic E-state index is -0.143. The molecule has 0 spiro atoms. The predicted molar refractivity (Wildman–Crippen MR) is 51.0 cm³/mol. The number of halogens is 3. The smallest absolute Gasteiger partial charge is 0.140 e. The summed E-state index contributed by atoms with van der Waals surface area (Å²) in [4.78, 5) is 0. The maximum absolute atomic E-state index is 13.4. The zero-order valence-electron chi connectivity index (χ0n) is 6.28. The number of hydrogen-bond acceptors (Lipinski definition) is 0. The lowest BCUT2D eigenvalue weighted by Gasteiger charge is -2.03. The van der Waals surface area contributed by atoms with Crippen molar-refractivity contribution >= 4 is 27.5 Å². The van der Waals surface area contributed by atoms with E-state index in [0.717, 1.165) is 24.0 Å². The highest BCUT2D eigenvalue weighted by Gasteiger charge is 2.24. The van der Waals surface area contributed by atoms with E-state index in [9.17, 15) is 4.39 Å². The van der Waals surface area contributed by atoms with Crippen LogP contribution in [0.1, 0.15) is 22.9 Å². The van der Waals surface area contributed by atoms with E-state index in [1.54, 1.807) is 6.07 Å². The van der Waals surface area contributed by atoms with Gasteiger partial charge in [0.1, 0.15) is 5.82 Å². The van der Waals surface area contributed by atoms with E-state index in [1.807, 2.05) is 6.07 Å². The molecule has 1 aliphatic rings. The average Bonchev–Trinajstić information content (AvgIpc) is 2.41.